The van der Waals surface area contributed by atoms with E-state index in [1.54, 1.807) is 6.07 Å². The summed E-state index contributed by atoms with van der Waals surface area (Å²) in [5.74, 6) is 0. The first-order valence-corrected chi connectivity index (χ1v) is 9.43. The molecular weight excluding hydrogens is 362 g/mol. The Morgan fingerprint density at radius 2 is 2.05 bits per heavy atom. The maximum Gasteiger partial charge on any atom is 0.245 e. The molecule has 1 atom stereocenters. The lowest BCUT2D eigenvalue weighted by Crippen LogP contribution is -2.43. The van der Waals surface area contributed by atoms with Crippen LogP contribution in [0.1, 0.15) is 18.7 Å². The highest BCUT2D eigenvalue weighted by Crippen LogP contribution is 2.33. The van der Waals surface area contributed by atoms with E-state index in [4.69, 9.17) is 5.73 Å². The third-order valence-electron chi connectivity index (χ3n) is 2.93. The number of sulfonamides is 1. The molecule has 1 aromatic rings. The van der Waals surface area contributed by atoms with Crippen LogP contribution in [0, 0.1) is 0 Å². The van der Waals surface area contributed by atoms with Crippen molar-refractivity contribution in [2.45, 2.75) is 31.3 Å². The van der Waals surface area contributed by atoms with Gasteiger partial charge >= 0.3 is 0 Å². The van der Waals surface area contributed by atoms with Gasteiger partial charge in [0.1, 0.15) is 4.90 Å². The summed E-state index contributed by atoms with van der Waals surface area (Å²) >= 11 is 4.71. The maximum absolute atomic E-state index is 12.8. The first-order valence-electron chi connectivity index (χ1n) is 6.38. The number of nitrogens with two attached hydrogens (primary N) is 1. The van der Waals surface area contributed by atoms with E-state index in [0.29, 0.717) is 28.3 Å². The van der Waals surface area contributed by atoms with Crippen LogP contribution in [0.3, 0.4) is 0 Å². The molecule has 5 nitrogen and oxygen atoms in total. The average molecular weight is 384 g/mol. The van der Waals surface area contributed by atoms with Gasteiger partial charge in [-0.05, 0) is 43.0 Å². The number of hydrogen-bond donors (Lipinski definition) is 1. The van der Waals surface area contributed by atoms with E-state index in [2.05, 4.69) is 15.9 Å². The predicted molar refractivity (Wildman–Crippen MR) is 87.5 cm³/mol. The smallest absolute Gasteiger partial charge is 0.245 e. The number of halogens is 1. The molecule has 0 aliphatic carbocycles. The number of rotatable bonds is 7. The summed E-state index contributed by atoms with van der Waals surface area (Å²) in [6.07, 6.45) is 0. The Hall–Kier alpha value is 0.01000. The van der Waals surface area contributed by atoms with Crippen LogP contribution in [0.5, 0.6) is 0 Å². The van der Waals surface area contributed by atoms with Gasteiger partial charge in [0.2, 0.25) is 10.0 Å². The summed E-state index contributed by atoms with van der Waals surface area (Å²) in [4.78, 5) is 3.15. The van der Waals surface area contributed by atoms with E-state index in [0.717, 1.165) is 4.88 Å². The molecule has 0 spiro atoms. The normalized spacial score (nSPS) is 14.2. The molecule has 0 saturated carbocycles. The van der Waals surface area contributed by atoms with Gasteiger partial charge in [0.25, 0.3) is 0 Å². The van der Waals surface area contributed by atoms with Crippen molar-refractivity contribution < 1.29 is 8.42 Å². The first kappa shape index (κ1) is 18.1. The predicted octanol–water partition coefficient (Wildman–Crippen LogP) is 1.93. The fourth-order valence-electron chi connectivity index (χ4n) is 2.14. The molecule has 20 heavy (non-hydrogen) atoms. The van der Waals surface area contributed by atoms with Crippen LogP contribution in [0.2, 0.25) is 0 Å². The lowest BCUT2D eigenvalue weighted by Gasteiger charge is -2.29. The fourth-order valence-corrected chi connectivity index (χ4v) is 6.28. The number of nitrogens with zero attached hydrogens (tertiary/aromatic N) is 2. The molecule has 1 aromatic heterocycles. The largest absolute Gasteiger partial charge is 0.326 e. The van der Waals surface area contributed by atoms with Crippen molar-refractivity contribution in [3.63, 3.8) is 0 Å². The summed E-state index contributed by atoms with van der Waals surface area (Å²) in [5, 5.41) is 0. The summed E-state index contributed by atoms with van der Waals surface area (Å²) in [7, 11) is 0.368. The standard InChI is InChI=1S/C12H22BrN3O2S2/c1-5-16(9(2)8-15(3)4)20(17,18)11-6-10(7-14)19-12(11)13/h6,9H,5,7-8,14H2,1-4H3. The highest BCUT2D eigenvalue weighted by atomic mass is 79.9. The molecule has 0 aliphatic rings. The molecular formula is C12H22BrN3O2S2. The summed E-state index contributed by atoms with van der Waals surface area (Å²) < 4.78 is 27.7. The molecule has 0 aliphatic heterocycles. The van der Waals surface area contributed by atoms with Crippen molar-refractivity contribution in [1.29, 1.82) is 0 Å². The Morgan fingerprint density at radius 1 is 1.45 bits per heavy atom. The zero-order valence-corrected chi connectivity index (χ0v) is 15.5. The second-order valence-corrected chi connectivity index (χ2v) is 9.19. The van der Waals surface area contributed by atoms with Gasteiger partial charge in [0.15, 0.2) is 0 Å². The van der Waals surface area contributed by atoms with Gasteiger partial charge in [-0.2, -0.15) is 4.31 Å². The topological polar surface area (TPSA) is 66.6 Å². The zero-order valence-electron chi connectivity index (χ0n) is 12.3. The van der Waals surface area contributed by atoms with E-state index in [9.17, 15) is 8.42 Å². The summed E-state index contributed by atoms with van der Waals surface area (Å²) in [5.41, 5.74) is 5.58. The Bertz CT molecular complexity index is 543. The zero-order chi connectivity index (χ0) is 15.5. The van der Waals surface area contributed by atoms with Gasteiger partial charge in [-0.15, -0.1) is 11.3 Å². The maximum atomic E-state index is 12.8. The quantitative estimate of drug-likeness (QED) is 0.780. The average Bonchev–Trinajstić information content (AvgIpc) is 2.70. The van der Waals surface area contributed by atoms with E-state index >= 15 is 0 Å². The molecule has 2 N–H and O–H groups in total. The molecule has 0 saturated heterocycles. The van der Waals surface area contributed by atoms with Crippen molar-refractivity contribution >= 4 is 37.3 Å². The third-order valence-corrected chi connectivity index (χ3v) is 7.29. The minimum atomic E-state index is -3.50. The minimum absolute atomic E-state index is 0.0897. The molecule has 0 aromatic carbocycles. The Labute approximate surface area is 133 Å². The number of likely N-dealkylation sites (N-methyl/N-ethyl adjacent to an activating group) is 2. The number of thiophene rings is 1. The minimum Gasteiger partial charge on any atom is -0.326 e. The second-order valence-electron chi connectivity index (χ2n) is 4.87. The van der Waals surface area contributed by atoms with E-state index in [1.807, 2.05) is 32.8 Å². The molecule has 0 fully saturated rings. The van der Waals surface area contributed by atoms with Crippen LogP contribution in [0.4, 0.5) is 0 Å². The van der Waals surface area contributed by atoms with Crippen molar-refractivity contribution in [2.24, 2.45) is 5.73 Å². The first-order chi connectivity index (χ1) is 9.23. The highest BCUT2D eigenvalue weighted by molar-refractivity contribution is 9.11. The SMILES string of the molecule is CCN(C(C)CN(C)C)S(=O)(=O)c1cc(CN)sc1Br. The second kappa shape index (κ2) is 7.33. The monoisotopic (exact) mass is 383 g/mol. The summed E-state index contributed by atoms with van der Waals surface area (Å²) in [6, 6.07) is 1.57. The van der Waals surface area contributed by atoms with Crippen molar-refractivity contribution in [1.82, 2.24) is 9.21 Å². The van der Waals surface area contributed by atoms with E-state index < -0.39 is 10.0 Å². The van der Waals surface area contributed by atoms with Crippen molar-refractivity contribution in [2.75, 3.05) is 27.2 Å². The fraction of sp³-hybridized carbons (Fsp3) is 0.667. The van der Waals surface area contributed by atoms with Crippen LogP contribution in [-0.4, -0.2) is 50.8 Å². The molecule has 1 unspecified atom stereocenters. The van der Waals surface area contributed by atoms with E-state index in [1.165, 1.54) is 15.6 Å². The van der Waals surface area contributed by atoms with Crippen LogP contribution in [0.15, 0.2) is 14.7 Å². The molecule has 8 heteroatoms. The molecule has 1 rings (SSSR count). The lowest BCUT2D eigenvalue weighted by atomic mass is 10.3. The van der Waals surface area contributed by atoms with Gasteiger partial charge in [-0.1, -0.05) is 6.92 Å². The summed E-state index contributed by atoms with van der Waals surface area (Å²) in [6.45, 7) is 5.24. The highest BCUT2D eigenvalue weighted by Gasteiger charge is 2.30. The molecule has 1 heterocycles. The third kappa shape index (κ3) is 4.02. The van der Waals surface area contributed by atoms with Gasteiger partial charge in [0, 0.05) is 30.6 Å². The molecule has 0 bridgehead atoms. The molecule has 0 amide bonds. The van der Waals surface area contributed by atoms with Gasteiger partial charge in [-0.3, -0.25) is 0 Å². The van der Waals surface area contributed by atoms with Crippen LogP contribution in [-0.2, 0) is 16.6 Å². The van der Waals surface area contributed by atoms with Crippen molar-refractivity contribution in [3.8, 4) is 0 Å². The van der Waals surface area contributed by atoms with Crippen molar-refractivity contribution in [3.05, 3.63) is 14.7 Å². The van der Waals surface area contributed by atoms with Gasteiger partial charge < -0.3 is 10.6 Å². The van der Waals surface area contributed by atoms with Gasteiger partial charge in [0.05, 0.1) is 3.79 Å². The number of hydrogen-bond acceptors (Lipinski definition) is 5. The Morgan fingerprint density at radius 3 is 2.45 bits per heavy atom. The molecule has 116 valence electrons. The Kier molecular flexibility index (Phi) is 6.62. The Balaban J connectivity index is 3.14. The van der Waals surface area contributed by atoms with E-state index in [-0.39, 0.29) is 6.04 Å². The van der Waals surface area contributed by atoms with Crippen LogP contribution < -0.4 is 5.73 Å². The van der Waals surface area contributed by atoms with Crippen LogP contribution in [0.25, 0.3) is 0 Å². The lowest BCUT2D eigenvalue weighted by molar-refractivity contribution is 0.271. The van der Waals surface area contributed by atoms with Crippen LogP contribution >= 0.6 is 27.3 Å². The van der Waals surface area contributed by atoms with Gasteiger partial charge in [-0.25, -0.2) is 8.42 Å². The molecule has 0 radical (unpaired) electrons.